The summed E-state index contributed by atoms with van der Waals surface area (Å²) in [6.07, 6.45) is 5.75. The molecule has 1 aliphatic carbocycles. The summed E-state index contributed by atoms with van der Waals surface area (Å²) in [5, 5.41) is 3.69. The summed E-state index contributed by atoms with van der Waals surface area (Å²) < 4.78 is 27.2. The molecule has 4 heteroatoms. The molecule has 0 bridgehead atoms. The highest BCUT2D eigenvalue weighted by Gasteiger charge is 2.41. The van der Waals surface area contributed by atoms with Gasteiger partial charge in [0.1, 0.15) is 11.6 Å². The number of hydrogen-bond acceptors (Lipinski definition) is 2. The molecule has 1 aliphatic heterocycles. The van der Waals surface area contributed by atoms with Gasteiger partial charge in [0, 0.05) is 30.7 Å². The third-order valence-corrected chi connectivity index (χ3v) is 4.88. The van der Waals surface area contributed by atoms with Gasteiger partial charge in [0.15, 0.2) is 0 Å². The maximum atomic E-state index is 14.1. The topological polar surface area (TPSA) is 15.3 Å². The molecule has 1 spiro atoms. The minimum absolute atomic E-state index is 0.131. The predicted octanol–water partition coefficient (Wildman–Crippen LogP) is 3.47. The first kappa shape index (κ1) is 13.8. The Bertz CT molecular complexity index is 483. The Balaban J connectivity index is 1.90. The van der Waals surface area contributed by atoms with Crippen molar-refractivity contribution in [3.63, 3.8) is 0 Å². The Hall–Kier alpha value is -1.16. The molecule has 1 atom stereocenters. The Morgan fingerprint density at radius 2 is 2.05 bits per heavy atom. The molecule has 1 saturated carbocycles. The third kappa shape index (κ3) is 2.41. The molecule has 1 aromatic carbocycles. The first-order valence-electron chi connectivity index (χ1n) is 7.60. The minimum Gasteiger partial charge on any atom is -0.363 e. The van der Waals surface area contributed by atoms with Crippen LogP contribution in [0.3, 0.4) is 0 Å². The highest BCUT2D eigenvalue weighted by Crippen LogP contribution is 2.36. The van der Waals surface area contributed by atoms with Crippen LogP contribution in [0, 0.1) is 11.6 Å². The molecule has 1 aromatic rings. The van der Waals surface area contributed by atoms with E-state index in [0.29, 0.717) is 5.69 Å². The molecule has 3 rings (SSSR count). The van der Waals surface area contributed by atoms with Crippen molar-refractivity contribution in [3.8, 4) is 0 Å². The summed E-state index contributed by atoms with van der Waals surface area (Å²) >= 11 is 0. The van der Waals surface area contributed by atoms with Crippen LogP contribution in [0.4, 0.5) is 14.5 Å². The van der Waals surface area contributed by atoms with Crippen molar-refractivity contribution < 1.29 is 8.78 Å². The summed E-state index contributed by atoms with van der Waals surface area (Å²) in [5.74, 6) is -0.955. The van der Waals surface area contributed by atoms with Crippen molar-refractivity contribution in [2.24, 2.45) is 0 Å². The van der Waals surface area contributed by atoms with Crippen LogP contribution >= 0.6 is 0 Å². The zero-order chi connectivity index (χ0) is 14.2. The van der Waals surface area contributed by atoms with Gasteiger partial charge in [0.2, 0.25) is 0 Å². The average molecular weight is 280 g/mol. The van der Waals surface area contributed by atoms with E-state index in [1.807, 2.05) is 0 Å². The molecular weight excluding hydrogens is 258 g/mol. The van der Waals surface area contributed by atoms with Crippen molar-refractivity contribution in [1.29, 1.82) is 0 Å². The van der Waals surface area contributed by atoms with E-state index in [9.17, 15) is 8.78 Å². The molecule has 20 heavy (non-hydrogen) atoms. The van der Waals surface area contributed by atoms with Gasteiger partial charge in [0.25, 0.3) is 0 Å². The summed E-state index contributed by atoms with van der Waals surface area (Å²) in [6, 6.07) is 4.21. The highest BCUT2D eigenvalue weighted by atomic mass is 19.1. The van der Waals surface area contributed by atoms with Crippen molar-refractivity contribution in [2.45, 2.75) is 50.6 Å². The standard InChI is InChI=1S/C16H22F2N2/c1-2-13-10-19-16(7-3-4-8-16)11-20(13)15-6-5-12(17)9-14(15)18/h5-6,9,13,19H,2-4,7-8,10-11H2,1H3. The Labute approximate surface area is 119 Å². The number of piperazine rings is 1. The molecule has 2 fully saturated rings. The van der Waals surface area contributed by atoms with Crippen LogP contribution < -0.4 is 10.2 Å². The van der Waals surface area contributed by atoms with Gasteiger partial charge < -0.3 is 10.2 Å². The molecule has 1 unspecified atom stereocenters. The van der Waals surface area contributed by atoms with Gasteiger partial charge in [-0.15, -0.1) is 0 Å². The summed E-state index contributed by atoms with van der Waals surface area (Å²) in [4.78, 5) is 2.15. The second kappa shape index (κ2) is 5.32. The summed E-state index contributed by atoms with van der Waals surface area (Å²) in [6.45, 7) is 3.83. The fourth-order valence-electron chi connectivity index (χ4n) is 3.70. The maximum Gasteiger partial charge on any atom is 0.149 e. The van der Waals surface area contributed by atoms with E-state index in [1.54, 1.807) is 6.07 Å². The SMILES string of the molecule is CCC1CNC2(CCCC2)CN1c1ccc(F)cc1F. The van der Waals surface area contributed by atoms with Gasteiger partial charge in [-0.1, -0.05) is 19.8 Å². The number of anilines is 1. The van der Waals surface area contributed by atoms with Crippen LogP contribution in [0.25, 0.3) is 0 Å². The Morgan fingerprint density at radius 1 is 1.30 bits per heavy atom. The van der Waals surface area contributed by atoms with Crippen molar-refractivity contribution >= 4 is 5.69 Å². The van der Waals surface area contributed by atoms with Crippen molar-refractivity contribution in [3.05, 3.63) is 29.8 Å². The monoisotopic (exact) mass is 280 g/mol. The first-order valence-corrected chi connectivity index (χ1v) is 7.60. The zero-order valence-corrected chi connectivity index (χ0v) is 12.0. The van der Waals surface area contributed by atoms with E-state index < -0.39 is 11.6 Å². The lowest BCUT2D eigenvalue weighted by molar-refractivity contribution is 0.266. The molecule has 0 aromatic heterocycles. The number of benzene rings is 1. The van der Waals surface area contributed by atoms with Gasteiger partial charge in [-0.2, -0.15) is 0 Å². The lowest BCUT2D eigenvalue weighted by atomic mass is 9.91. The van der Waals surface area contributed by atoms with E-state index in [1.165, 1.54) is 18.9 Å². The van der Waals surface area contributed by atoms with E-state index in [0.717, 1.165) is 38.4 Å². The summed E-state index contributed by atoms with van der Waals surface area (Å²) in [7, 11) is 0. The number of hydrogen-bond donors (Lipinski definition) is 1. The van der Waals surface area contributed by atoms with Crippen molar-refractivity contribution in [2.75, 3.05) is 18.0 Å². The van der Waals surface area contributed by atoms with E-state index >= 15 is 0 Å². The fraction of sp³-hybridized carbons (Fsp3) is 0.625. The van der Waals surface area contributed by atoms with E-state index in [4.69, 9.17) is 0 Å². The Morgan fingerprint density at radius 3 is 2.70 bits per heavy atom. The molecule has 0 radical (unpaired) electrons. The molecule has 2 aliphatic rings. The quantitative estimate of drug-likeness (QED) is 0.892. The number of rotatable bonds is 2. The largest absolute Gasteiger partial charge is 0.363 e. The van der Waals surface area contributed by atoms with Crippen LogP contribution in [0.5, 0.6) is 0 Å². The molecule has 1 heterocycles. The average Bonchev–Trinajstić information content (AvgIpc) is 2.87. The third-order valence-electron chi connectivity index (χ3n) is 4.88. The number of halogens is 2. The maximum absolute atomic E-state index is 14.1. The normalized spacial score (nSPS) is 25.4. The summed E-state index contributed by atoms with van der Waals surface area (Å²) in [5.41, 5.74) is 0.679. The van der Waals surface area contributed by atoms with Gasteiger partial charge in [-0.3, -0.25) is 0 Å². The van der Waals surface area contributed by atoms with Gasteiger partial charge in [-0.05, 0) is 31.4 Å². The van der Waals surface area contributed by atoms with Crippen LogP contribution in [-0.2, 0) is 0 Å². The lowest BCUT2D eigenvalue weighted by Gasteiger charge is -2.47. The van der Waals surface area contributed by atoms with E-state index in [2.05, 4.69) is 17.1 Å². The lowest BCUT2D eigenvalue weighted by Crippen LogP contribution is -2.63. The molecular formula is C16H22F2N2. The molecule has 2 nitrogen and oxygen atoms in total. The minimum atomic E-state index is -0.509. The highest BCUT2D eigenvalue weighted by molar-refractivity contribution is 5.50. The molecule has 0 amide bonds. The fourth-order valence-corrected chi connectivity index (χ4v) is 3.70. The number of nitrogens with zero attached hydrogens (tertiary/aromatic N) is 1. The second-order valence-electron chi connectivity index (χ2n) is 6.15. The van der Waals surface area contributed by atoms with Crippen LogP contribution in [0.15, 0.2) is 18.2 Å². The Kier molecular flexibility index (Phi) is 3.67. The zero-order valence-electron chi connectivity index (χ0n) is 12.0. The molecule has 1 N–H and O–H groups in total. The van der Waals surface area contributed by atoms with Crippen LogP contribution in [0.1, 0.15) is 39.0 Å². The van der Waals surface area contributed by atoms with E-state index in [-0.39, 0.29) is 11.6 Å². The second-order valence-corrected chi connectivity index (χ2v) is 6.15. The molecule has 110 valence electrons. The predicted molar refractivity (Wildman–Crippen MR) is 77.0 cm³/mol. The van der Waals surface area contributed by atoms with Gasteiger partial charge >= 0.3 is 0 Å². The molecule has 1 saturated heterocycles. The number of nitrogens with one attached hydrogen (secondary N) is 1. The van der Waals surface area contributed by atoms with Crippen LogP contribution in [0.2, 0.25) is 0 Å². The van der Waals surface area contributed by atoms with Crippen molar-refractivity contribution in [1.82, 2.24) is 5.32 Å². The smallest absolute Gasteiger partial charge is 0.149 e. The van der Waals surface area contributed by atoms with Gasteiger partial charge in [-0.25, -0.2) is 8.78 Å². The van der Waals surface area contributed by atoms with Gasteiger partial charge in [0.05, 0.1) is 5.69 Å². The first-order chi connectivity index (χ1) is 9.63. The van der Waals surface area contributed by atoms with Crippen LogP contribution in [-0.4, -0.2) is 24.7 Å².